The van der Waals surface area contributed by atoms with E-state index in [2.05, 4.69) is 5.32 Å². The number of likely N-dealkylation sites (N-methyl/N-ethyl adjacent to an activating group) is 1. The first-order valence-electron chi connectivity index (χ1n) is 6.36. The highest BCUT2D eigenvalue weighted by molar-refractivity contribution is 5.95. The van der Waals surface area contributed by atoms with Gasteiger partial charge < -0.3 is 19.7 Å². The first-order chi connectivity index (χ1) is 9.15. The first-order valence-corrected chi connectivity index (χ1v) is 6.36. The number of ether oxygens (including phenoxy) is 2. The molecular weight excluding hydrogens is 244 g/mol. The third-order valence-corrected chi connectivity index (χ3v) is 3.50. The number of rotatable bonds is 4. The van der Waals surface area contributed by atoms with Crippen molar-refractivity contribution < 1.29 is 14.3 Å². The molecule has 2 rings (SSSR count). The van der Waals surface area contributed by atoms with Gasteiger partial charge in [-0.2, -0.15) is 0 Å². The number of carbonyl (C=O) groups excluding carboxylic acids is 1. The van der Waals surface area contributed by atoms with Crippen LogP contribution in [0.1, 0.15) is 16.8 Å². The number of nitrogens with zero attached hydrogens (tertiary/aromatic N) is 1. The maximum Gasteiger partial charge on any atom is 0.254 e. The molecule has 0 bridgehead atoms. The Hall–Kier alpha value is -1.75. The zero-order chi connectivity index (χ0) is 13.8. The van der Waals surface area contributed by atoms with E-state index in [-0.39, 0.29) is 11.9 Å². The van der Waals surface area contributed by atoms with Gasteiger partial charge in [0.1, 0.15) is 11.5 Å². The molecule has 19 heavy (non-hydrogen) atoms. The molecule has 5 heteroatoms. The molecular formula is C14H20N2O3. The molecule has 1 heterocycles. The summed E-state index contributed by atoms with van der Waals surface area (Å²) in [6.07, 6.45) is 0.989. The number of carbonyl (C=O) groups is 1. The van der Waals surface area contributed by atoms with Crippen LogP contribution in [0.15, 0.2) is 18.2 Å². The second kappa shape index (κ2) is 5.93. The van der Waals surface area contributed by atoms with Crippen molar-refractivity contribution in [1.82, 2.24) is 10.2 Å². The van der Waals surface area contributed by atoms with E-state index in [1.54, 1.807) is 37.3 Å². The van der Waals surface area contributed by atoms with Crippen LogP contribution in [0.2, 0.25) is 0 Å². The average Bonchev–Trinajstić information content (AvgIpc) is 2.99. The van der Waals surface area contributed by atoms with Crippen LogP contribution in [0.4, 0.5) is 0 Å². The maximum absolute atomic E-state index is 12.5. The highest BCUT2D eigenvalue weighted by atomic mass is 16.5. The lowest BCUT2D eigenvalue weighted by molar-refractivity contribution is 0.0743. The molecule has 1 aromatic rings. The predicted molar refractivity (Wildman–Crippen MR) is 72.9 cm³/mol. The number of hydrogen-bond donors (Lipinski definition) is 1. The Bertz CT molecular complexity index is 434. The Morgan fingerprint density at radius 1 is 1.26 bits per heavy atom. The van der Waals surface area contributed by atoms with Gasteiger partial charge in [-0.15, -0.1) is 0 Å². The van der Waals surface area contributed by atoms with Crippen molar-refractivity contribution in [2.75, 3.05) is 34.4 Å². The van der Waals surface area contributed by atoms with E-state index in [1.165, 1.54) is 0 Å². The van der Waals surface area contributed by atoms with E-state index in [9.17, 15) is 4.79 Å². The van der Waals surface area contributed by atoms with Crippen molar-refractivity contribution in [2.24, 2.45) is 0 Å². The standard InChI is InChI=1S/C14H20N2O3/c1-16(11-4-5-15-9-11)14(17)10-6-12(18-2)8-13(7-10)19-3/h6-8,11,15H,4-5,9H2,1-3H3. The zero-order valence-electron chi connectivity index (χ0n) is 11.6. The van der Waals surface area contributed by atoms with Gasteiger partial charge in [-0.3, -0.25) is 4.79 Å². The topological polar surface area (TPSA) is 50.8 Å². The molecule has 1 aliphatic heterocycles. The van der Waals surface area contributed by atoms with Gasteiger partial charge in [-0.1, -0.05) is 0 Å². The lowest BCUT2D eigenvalue weighted by Crippen LogP contribution is -2.38. The summed E-state index contributed by atoms with van der Waals surface area (Å²) in [6.45, 7) is 1.81. The van der Waals surface area contributed by atoms with Crippen LogP contribution in [0, 0.1) is 0 Å². The van der Waals surface area contributed by atoms with Crippen molar-refractivity contribution in [1.29, 1.82) is 0 Å². The van der Waals surface area contributed by atoms with Gasteiger partial charge in [-0.25, -0.2) is 0 Å². The number of hydrogen-bond acceptors (Lipinski definition) is 4. The van der Waals surface area contributed by atoms with Crippen LogP contribution in [0.5, 0.6) is 11.5 Å². The number of benzene rings is 1. The molecule has 1 aliphatic rings. The van der Waals surface area contributed by atoms with E-state index >= 15 is 0 Å². The molecule has 1 fully saturated rings. The summed E-state index contributed by atoms with van der Waals surface area (Å²) in [5.74, 6) is 1.24. The number of amides is 1. The highest BCUT2D eigenvalue weighted by Gasteiger charge is 2.24. The maximum atomic E-state index is 12.5. The molecule has 1 aromatic carbocycles. The molecule has 0 aromatic heterocycles. The second-order valence-corrected chi connectivity index (χ2v) is 4.66. The van der Waals surface area contributed by atoms with Gasteiger partial charge in [0.25, 0.3) is 5.91 Å². The minimum Gasteiger partial charge on any atom is -0.497 e. The molecule has 0 saturated carbocycles. The third kappa shape index (κ3) is 2.98. The van der Waals surface area contributed by atoms with Crippen molar-refractivity contribution in [3.8, 4) is 11.5 Å². The average molecular weight is 264 g/mol. The van der Waals surface area contributed by atoms with Crippen molar-refractivity contribution in [3.63, 3.8) is 0 Å². The lowest BCUT2D eigenvalue weighted by Gasteiger charge is -2.24. The minimum absolute atomic E-state index is 0.00843. The largest absolute Gasteiger partial charge is 0.497 e. The number of nitrogens with one attached hydrogen (secondary N) is 1. The van der Waals surface area contributed by atoms with E-state index in [0.717, 1.165) is 19.5 Å². The van der Waals surface area contributed by atoms with Gasteiger partial charge in [0.15, 0.2) is 0 Å². The van der Waals surface area contributed by atoms with Crippen molar-refractivity contribution in [3.05, 3.63) is 23.8 Å². The summed E-state index contributed by atoms with van der Waals surface area (Å²) >= 11 is 0. The summed E-state index contributed by atoms with van der Waals surface area (Å²) in [6, 6.07) is 5.49. The summed E-state index contributed by atoms with van der Waals surface area (Å²) in [4.78, 5) is 14.2. The van der Waals surface area contributed by atoms with Crippen LogP contribution in [0.3, 0.4) is 0 Å². The molecule has 0 aliphatic carbocycles. The van der Waals surface area contributed by atoms with E-state index in [4.69, 9.17) is 9.47 Å². The van der Waals surface area contributed by atoms with Gasteiger partial charge in [0.05, 0.1) is 14.2 Å². The molecule has 1 unspecified atom stereocenters. The van der Waals surface area contributed by atoms with E-state index < -0.39 is 0 Å². The SMILES string of the molecule is COc1cc(OC)cc(C(=O)N(C)C2CCNC2)c1. The quantitative estimate of drug-likeness (QED) is 0.886. The summed E-state index contributed by atoms with van der Waals surface area (Å²) < 4.78 is 10.4. The zero-order valence-corrected chi connectivity index (χ0v) is 11.6. The van der Waals surface area contributed by atoms with Crippen molar-refractivity contribution in [2.45, 2.75) is 12.5 Å². The first kappa shape index (κ1) is 13.7. The Labute approximate surface area is 113 Å². The molecule has 0 radical (unpaired) electrons. The molecule has 0 spiro atoms. The fourth-order valence-electron chi connectivity index (χ4n) is 2.27. The molecule has 1 atom stereocenters. The molecule has 1 saturated heterocycles. The van der Waals surface area contributed by atoms with Gasteiger partial charge in [-0.05, 0) is 25.1 Å². The predicted octanol–water partition coefficient (Wildman–Crippen LogP) is 1.14. The van der Waals surface area contributed by atoms with Crippen LogP contribution < -0.4 is 14.8 Å². The van der Waals surface area contributed by atoms with Crippen LogP contribution in [0.25, 0.3) is 0 Å². The fourth-order valence-corrected chi connectivity index (χ4v) is 2.27. The third-order valence-electron chi connectivity index (χ3n) is 3.50. The summed E-state index contributed by atoms with van der Waals surface area (Å²) in [7, 11) is 4.99. The second-order valence-electron chi connectivity index (χ2n) is 4.66. The van der Waals surface area contributed by atoms with E-state index in [0.29, 0.717) is 17.1 Å². The van der Waals surface area contributed by atoms with Crippen LogP contribution in [-0.4, -0.2) is 51.2 Å². The van der Waals surface area contributed by atoms with Gasteiger partial charge in [0, 0.05) is 31.3 Å². The minimum atomic E-state index is -0.00843. The van der Waals surface area contributed by atoms with Gasteiger partial charge in [0.2, 0.25) is 0 Å². The summed E-state index contributed by atoms with van der Waals surface area (Å²) in [5.41, 5.74) is 0.589. The highest BCUT2D eigenvalue weighted by Crippen LogP contribution is 2.24. The Balaban J connectivity index is 2.21. The monoisotopic (exact) mass is 264 g/mol. The smallest absolute Gasteiger partial charge is 0.254 e. The molecule has 1 N–H and O–H groups in total. The van der Waals surface area contributed by atoms with Crippen molar-refractivity contribution >= 4 is 5.91 Å². The fraction of sp³-hybridized carbons (Fsp3) is 0.500. The Morgan fingerprint density at radius 3 is 2.37 bits per heavy atom. The van der Waals surface area contributed by atoms with E-state index in [1.807, 2.05) is 7.05 Å². The lowest BCUT2D eigenvalue weighted by atomic mass is 10.1. The number of methoxy groups -OCH3 is 2. The molecule has 1 amide bonds. The van der Waals surface area contributed by atoms with Crippen LogP contribution in [-0.2, 0) is 0 Å². The summed E-state index contributed by atoms with van der Waals surface area (Å²) in [5, 5.41) is 3.26. The Kier molecular flexibility index (Phi) is 4.27. The molecule has 104 valence electrons. The van der Waals surface area contributed by atoms with Crippen LogP contribution >= 0.6 is 0 Å². The Morgan fingerprint density at radius 2 is 1.89 bits per heavy atom. The van der Waals surface area contributed by atoms with Gasteiger partial charge >= 0.3 is 0 Å². The molecule has 5 nitrogen and oxygen atoms in total. The normalized spacial score (nSPS) is 18.2.